The van der Waals surface area contributed by atoms with Crippen LogP contribution in [0.25, 0.3) is 33.9 Å². The summed E-state index contributed by atoms with van der Waals surface area (Å²) in [5.74, 6) is 0.454. The SMILES string of the molecule is CCOC(=O)C1=C(c2ccccc2)N=c2s/c(=C/c3c(-c4ccccc4)[nH]c4c(C)cc(C)cc34)c(=O)n2[C@@H]1c1ccc(OC)c(OC)c1. The van der Waals surface area contributed by atoms with E-state index in [2.05, 4.69) is 43.1 Å². The summed E-state index contributed by atoms with van der Waals surface area (Å²) >= 11 is 1.29. The molecule has 6 aromatic rings. The number of aryl methyl sites for hydroxylation is 2. The second kappa shape index (κ2) is 13.1. The summed E-state index contributed by atoms with van der Waals surface area (Å²) < 4.78 is 18.9. The Morgan fingerprint density at radius 2 is 1.61 bits per heavy atom. The molecule has 1 atom stereocenters. The predicted molar refractivity (Wildman–Crippen MR) is 194 cm³/mol. The average molecular weight is 670 g/mol. The van der Waals surface area contributed by atoms with Crippen molar-refractivity contribution in [2.75, 3.05) is 20.8 Å². The van der Waals surface area contributed by atoms with Gasteiger partial charge in [-0.2, -0.15) is 0 Å². The first kappa shape index (κ1) is 31.9. The molecule has 2 aromatic heterocycles. The summed E-state index contributed by atoms with van der Waals surface area (Å²) in [5, 5.41) is 1.02. The van der Waals surface area contributed by atoms with Gasteiger partial charge in [-0.15, -0.1) is 0 Å². The highest BCUT2D eigenvalue weighted by Gasteiger charge is 2.35. The standard InChI is InChI=1S/C40H35N3O5S/c1-6-48-39(45)33-36(26-15-11-8-12-16-26)42-40-43(37(33)27-17-18-30(46-4)31(21-27)47-5)38(44)32(49-40)22-29-28-20-23(2)19-24(3)34(28)41-35(29)25-13-9-7-10-14-25/h7-22,37,41H,6H2,1-5H3/b32-22+/t37-/m1/s1. The number of ether oxygens (including phenoxy) is 3. The van der Waals surface area contributed by atoms with Gasteiger partial charge in [-0.1, -0.05) is 89.7 Å². The third kappa shape index (κ3) is 5.66. The number of methoxy groups -OCH3 is 2. The van der Waals surface area contributed by atoms with Gasteiger partial charge >= 0.3 is 5.97 Å². The van der Waals surface area contributed by atoms with Gasteiger partial charge in [-0.05, 0) is 61.7 Å². The number of nitrogens with zero attached hydrogens (tertiary/aromatic N) is 2. The van der Waals surface area contributed by atoms with Crippen molar-refractivity contribution in [3.63, 3.8) is 0 Å². The Hall–Kier alpha value is -5.67. The van der Waals surface area contributed by atoms with Gasteiger partial charge in [0.15, 0.2) is 16.3 Å². The molecule has 0 spiro atoms. The van der Waals surface area contributed by atoms with Crippen molar-refractivity contribution < 1.29 is 19.0 Å². The molecule has 8 nitrogen and oxygen atoms in total. The summed E-state index contributed by atoms with van der Waals surface area (Å²) in [6.45, 7) is 6.08. The van der Waals surface area contributed by atoms with Gasteiger partial charge < -0.3 is 19.2 Å². The van der Waals surface area contributed by atoms with E-state index < -0.39 is 12.0 Å². The van der Waals surface area contributed by atoms with Crippen molar-refractivity contribution in [1.29, 1.82) is 0 Å². The maximum atomic E-state index is 14.7. The maximum absolute atomic E-state index is 14.7. The zero-order valence-electron chi connectivity index (χ0n) is 27.9. The van der Waals surface area contributed by atoms with Crippen molar-refractivity contribution >= 4 is 40.0 Å². The van der Waals surface area contributed by atoms with Gasteiger partial charge in [0.2, 0.25) is 0 Å². The quantitative estimate of drug-likeness (QED) is 0.182. The predicted octanol–water partition coefficient (Wildman–Crippen LogP) is 6.72. The lowest BCUT2D eigenvalue weighted by atomic mass is 9.93. The molecule has 0 radical (unpaired) electrons. The number of carbonyl (C=O) groups excluding carboxylic acids is 1. The van der Waals surface area contributed by atoms with Crippen LogP contribution in [0.3, 0.4) is 0 Å². The monoisotopic (exact) mass is 669 g/mol. The van der Waals surface area contributed by atoms with E-state index in [4.69, 9.17) is 19.2 Å². The second-order valence-corrected chi connectivity index (χ2v) is 12.8. The molecule has 9 heteroatoms. The Bertz CT molecular complexity index is 2440. The van der Waals surface area contributed by atoms with Crippen LogP contribution in [0, 0.1) is 13.8 Å². The number of fused-ring (bicyclic) bond motifs is 2. The molecule has 3 heterocycles. The number of hydrogen-bond acceptors (Lipinski definition) is 7. The van der Waals surface area contributed by atoms with Crippen molar-refractivity contribution in [2.24, 2.45) is 4.99 Å². The summed E-state index contributed by atoms with van der Waals surface area (Å²) in [7, 11) is 3.12. The Morgan fingerprint density at radius 3 is 2.29 bits per heavy atom. The first-order chi connectivity index (χ1) is 23.8. The fraction of sp³-hybridized carbons (Fsp3) is 0.175. The van der Waals surface area contributed by atoms with E-state index in [0.717, 1.165) is 44.4 Å². The Kier molecular flexibility index (Phi) is 8.52. The molecule has 0 unspecified atom stereocenters. The number of carbonyl (C=O) groups is 1. The second-order valence-electron chi connectivity index (χ2n) is 11.8. The van der Waals surface area contributed by atoms with Crippen LogP contribution in [0.4, 0.5) is 0 Å². The topological polar surface area (TPSA) is 94.9 Å². The number of hydrogen-bond donors (Lipinski definition) is 1. The fourth-order valence-electron chi connectivity index (χ4n) is 6.57. The summed E-state index contributed by atoms with van der Waals surface area (Å²) in [4.78, 5) is 37.8. The van der Waals surface area contributed by atoms with Gasteiger partial charge in [0.1, 0.15) is 0 Å². The lowest BCUT2D eigenvalue weighted by Gasteiger charge is -2.26. The molecule has 1 aliphatic heterocycles. The molecular formula is C40H35N3O5S. The molecule has 0 bridgehead atoms. The molecule has 0 fully saturated rings. The molecule has 7 rings (SSSR count). The van der Waals surface area contributed by atoms with Crippen LogP contribution < -0.4 is 24.4 Å². The molecule has 246 valence electrons. The minimum absolute atomic E-state index is 0.162. The Morgan fingerprint density at radius 1 is 0.918 bits per heavy atom. The van der Waals surface area contributed by atoms with Gasteiger partial charge in [-0.25, -0.2) is 9.79 Å². The summed E-state index contributed by atoms with van der Waals surface area (Å²) in [6, 6.07) is 28.5. The van der Waals surface area contributed by atoms with E-state index >= 15 is 0 Å². The highest BCUT2D eigenvalue weighted by molar-refractivity contribution is 7.07. The number of nitrogens with one attached hydrogen (secondary N) is 1. The third-order valence-corrected chi connectivity index (χ3v) is 9.71. The smallest absolute Gasteiger partial charge is 0.338 e. The van der Waals surface area contributed by atoms with E-state index in [1.807, 2.05) is 60.7 Å². The third-order valence-electron chi connectivity index (χ3n) is 8.72. The number of esters is 1. The highest BCUT2D eigenvalue weighted by atomic mass is 32.1. The van der Waals surface area contributed by atoms with Gasteiger partial charge in [0.25, 0.3) is 5.56 Å². The molecule has 0 aliphatic carbocycles. The minimum Gasteiger partial charge on any atom is -0.493 e. The van der Waals surface area contributed by atoms with Crippen molar-refractivity contribution in [2.45, 2.75) is 26.8 Å². The number of thiazole rings is 1. The number of aromatic nitrogens is 2. The molecule has 49 heavy (non-hydrogen) atoms. The van der Waals surface area contributed by atoms with Crippen molar-refractivity contribution in [3.8, 4) is 22.8 Å². The first-order valence-corrected chi connectivity index (χ1v) is 16.8. The largest absolute Gasteiger partial charge is 0.493 e. The zero-order chi connectivity index (χ0) is 34.2. The number of H-pyrrole nitrogens is 1. The lowest BCUT2D eigenvalue weighted by molar-refractivity contribution is -0.138. The molecule has 0 saturated heterocycles. The van der Waals surface area contributed by atoms with Gasteiger partial charge in [0, 0.05) is 22.0 Å². The lowest BCUT2D eigenvalue weighted by Crippen LogP contribution is -2.40. The molecule has 4 aromatic carbocycles. The van der Waals surface area contributed by atoms with E-state index in [0.29, 0.717) is 32.1 Å². The van der Waals surface area contributed by atoms with Crippen LogP contribution in [0.15, 0.2) is 106 Å². The molecular weight excluding hydrogens is 635 g/mol. The van der Waals surface area contributed by atoms with Crippen LogP contribution in [0.1, 0.15) is 40.8 Å². The van der Waals surface area contributed by atoms with Gasteiger partial charge in [-0.3, -0.25) is 9.36 Å². The van der Waals surface area contributed by atoms with E-state index in [9.17, 15) is 9.59 Å². The molecule has 0 saturated carbocycles. The highest BCUT2D eigenvalue weighted by Crippen LogP contribution is 2.39. The zero-order valence-corrected chi connectivity index (χ0v) is 28.7. The van der Waals surface area contributed by atoms with E-state index in [-0.39, 0.29) is 17.7 Å². The van der Waals surface area contributed by atoms with Crippen LogP contribution >= 0.6 is 11.3 Å². The van der Waals surface area contributed by atoms with Crippen LogP contribution in [0.5, 0.6) is 11.5 Å². The minimum atomic E-state index is -0.853. The molecule has 1 aliphatic rings. The number of rotatable bonds is 8. The molecule has 0 amide bonds. The Balaban J connectivity index is 1.55. The van der Waals surface area contributed by atoms with Crippen LogP contribution in [0.2, 0.25) is 0 Å². The molecule has 1 N–H and O–H groups in total. The number of benzene rings is 4. The average Bonchev–Trinajstić information content (AvgIpc) is 3.64. The first-order valence-electron chi connectivity index (χ1n) is 16.0. The normalized spacial score (nSPS) is 14.5. The fourth-order valence-corrected chi connectivity index (χ4v) is 7.55. The van der Waals surface area contributed by atoms with Crippen molar-refractivity contribution in [1.82, 2.24) is 9.55 Å². The number of aromatic amines is 1. The van der Waals surface area contributed by atoms with Crippen molar-refractivity contribution in [3.05, 3.63) is 144 Å². The van der Waals surface area contributed by atoms with Crippen LogP contribution in [-0.2, 0) is 9.53 Å². The summed E-state index contributed by atoms with van der Waals surface area (Å²) in [6.07, 6.45) is 1.95. The maximum Gasteiger partial charge on any atom is 0.338 e. The van der Waals surface area contributed by atoms with E-state index in [1.165, 1.54) is 11.3 Å². The Labute approximate surface area is 287 Å². The van der Waals surface area contributed by atoms with Crippen LogP contribution in [-0.4, -0.2) is 36.3 Å². The van der Waals surface area contributed by atoms with Gasteiger partial charge in [0.05, 0.1) is 48.4 Å². The van der Waals surface area contributed by atoms with E-state index in [1.54, 1.807) is 37.8 Å². The summed E-state index contributed by atoms with van der Waals surface area (Å²) in [5.41, 5.74) is 7.94.